The smallest absolute Gasteiger partial charge is 0.119 e. The molecule has 1 saturated carbocycles. The van der Waals surface area contributed by atoms with Crippen molar-refractivity contribution in [1.29, 1.82) is 0 Å². The molecule has 0 aromatic heterocycles. The fourth-order valence-corrected chi connectivity index (χ4v) is 2.99. The third-order valence-corrected chi connectivity index (χ3v) is 4.21. The highest BCUT2D eigenvalue weighted by Crippen LogP contribution is 2.29. The van der Waals surface area contributed by atoms with Crippen LogP contribution in [-0.4, -0.2) is 13.2 Å². The molecule has 18 heavy (non-hydrogen) atoms. The molecule has 0 bridgehead atoms. The van der Waals surface area contributed by atoms with Crippen molar-refractivity contribution in [2.24, 2.45) is 5.92 Å². The Kier molecular flexibility index (Phi) is 4.65. The molecule has 0 amide bonds. The summed E-state index contributed by atoms with van der Waals surface area (Å²) in [6.45, 7) is 4.56. The maximum atomic E-state index is 5.28. The normalized spacial score (nSPS) is 19.7. The van der Waals surface area contributed by atoms with Gasteiger partial charge in [-0.05, 0) is 50.3 Å². The third kappa shape index (κ3) is 3.26. The van der Waals surface area contributed by atoms with Gasteiger partial charge in [0.15, 0.2) is 0 Å². The van der Waals surface area contributed by atoms with Crippen LogP contribution in [0.1, 0.15) is 51.1 Å². The van der Waals surface area contributed by atoms with Gasteiger partial charge in [0.05, 0.1) is 7.11 Å². The molecule has 1 aliphatic carbocycles. The molecule has 0 radical (unpaired) electrons. The molecule has 1 N–H and O–H groups in total. The van der Waals surface area contributed by atoms with Gasteiger partial charge >= 0.3 is 0 Å². The lowest BCUT2D eigenvalue weighted by Crippen LogP contribution is -2.34. The van der Waals surface area contributed by atoms with E-state index in [2.05, 4.69) is 37.4 Å². The molecular formula is C16H25NO. The highest BCUT2D eigenvalue weighted by molar-refractivity contribution is 5.30. The van der Waals surface area contributed by atoms with Crippen LogP contribution in [0.25, 0.3) is 0 Å². The first kappa shape index (κ1) is 13.4. The number of hydrogen-bond acceptors (Lipinski definition) is 2. The molecule has 2 unspecified atom stereocenters. The second-order valence-corrected chi connectivity index (χ2v) is 5.50. The minimum atomic E-state index is 0.385. The zero-order valence-electron chi connectivity index (χ0n) is 11.8. The van der Waals surface area contributed by atoms with Gasteiger partial charge in [-0.3, -0.25) is 0 Å². The summed E-state index contributed by atoms with van der Waals surface area (Å²) in [5.41, 5.74) is 1.30. The minimum absolute atomic E-state index is 0.385. The van der Waals surface area contributed by atoms with Crippen molar-refractivity contribution in [3.63, 3.8) is 0 Å². The van der Waals surface area contributed by atoms with E-state index in [9.17, 15) is 0 Å². The van der Waals surface area contributed by atoms with Crippen LogP contribution in [0.5, 0.6) is 5.75 Å². The molecular weight excluding hydrogens is 222 g/mol. The fourth-order valence-electron chi connectivity index (χ4n) is 2.99. The van der Waals surface area contributed by atoms with E-state index >= 15 is 0 Å². The summed E-state index contributed by atoms with van der Waals surface area (Å²) in [5, 5.41) is 3.73. The van der Waals surface area contributed by atoms with Crippen LogP contribution in [0.3, 0.4) is 0 Å². The van der Waals surface area contributed by atoms with E-state index in [-0.39, 0.29) is 0 Å². The van der Waals surface area contributed by atoms with Crippen LogP contribution in [0, 0.1) is 5.92 Å². The van der Waals surface area contributed by atoms with Gasteiger partial charge in [0.25, 0.3) is 0 Å². The molecule has 1 aromatic carbocycles. The fraction of sp³-hybridized carbons (Fsp3) is 0.625. The predicted octanol–water partition coefficient (Wildman–Crippen LogP) is 3.92. The van der Waals surface area contributed by atoms with Crippen LogP contribution >= 0.6 is 0 Å². The van der Waals surface area contributed by atoms with Crippen molar-refractivity contribution in [2.75, 3.05) is 7.11 Å². The van der Waals surface area contributed by atoms with Crippen LogP contribution in [0.2, 0.25) is 0 Å². The zero-order chi connectivity index (χ0) is 13.0. The van der Waals surface area contributed by atoms with Crippen molar-refractivity contribution in [2.45, 2.75) is 51.6 Å². The summed E-state index contributed by atoms with van der Waals surface area (Å²) in [7, 11) is 1.72. The van der Waals surface area contributed by atoms with E-state index in [1.54, 1.807) is 7.11 Å². The van der Waals surface area contributed by atoms with E-state index in [1.807, 2.05) is 6.07 Å². The lowest BCUT2D eigenvalue weighted by atomic mass is 9.98. The summed E-state index contributed by atoms with van der Waals surface area (Å²) in [6, 6.07) is 9.34. The predicted molar refractivity (Wildman–Crippen MR) is 76.0 cm³/mol. The quantitative estimate of drug-likeness (QED) is 0.851. The highest BCUT2D eigenvalue weighted by Gasteiger charge is 2.22. The summed E-state index contributed by atoms with van der Waals surface area (Å²) < 4.78 is 5.28. The van der Waals surface area contributed by atoms with Crippen LogP contribution in [0.4, 0.5) is 0 Å². The molecule has 0 spiro atoms. The Morgan fingerprint density at radius 3 is 2.61 bits per heavy atom. The average Bonchev–Trinajstić information content (AvgIpc) is 2.92. The first-order chi connectivity index (χ1) is 8.70. The number of rotatable bonds is 5. The summed E-state index contributed by atoms with van der Waals surface area (Å²) >= 11 is 0. The number of ether oxygens (including phenoxy) is 1. The highest BCUT2D eigenvalue weighted by atomic mass is 16.5. The Morgan fingerprint density at radius 1 is 1.22 bits per heavy atom. The monoisotopic (exact) mass is 247 g/mol. The first-order valence-electron chi connectivity index (χ1n) is 7.10. The van der Waals surface area contributed by atoms with E-state index in [0.717, 1.165) is 11.7 Å². The van der Waals surface area contributed by atoms with Gasteiger partial charge < -0.3 is 10.1 Å². The second-order valence-electron chi connectivity index (χ2n) is 5.50. The molecule has 0 heterocycles. The molecule has 2 atom stereocenters. The van der Waals surface area contributed by atoms with E-state index in [1.165, 1.54) is 31.2 Å². The van der Waals surface area contributed by atoms with E-state index in [4.69, 9.17) is 4.74 Å². The van der Waals surface area contributed by atoms with Gasteiger partial charge in [0.2, 0.25) is 0 Å². The van der Waals surface area contributed by atoms with Crippen molar-refractivity contribution in [3.8, 4) is 5.75 Å². The van der Waals surface area contributed by atoms with Gasteiger partial charge in [-0.25, -0.2) is 0 Å². The van der Waals surface area contributed by atoms with Crippen molar-refractivity contribution < 1.29 is 4.74 Å². The summed E-state index contributed by atoms with van der Waals surface area (Å²) in [5.74, 6) is 1.80. The number of nitrogens with one attached hydrogen (secondary N) is 1. The van der Waals surface area contributed by atoms with Gasteiger partial charge in [-0.1, -0.05) is 25.0 Å². The van der Waals surface area contributed by atoms with E-state index < -0.39 is 0 Å². The summed E-state index contributed by atoms with van der Waals surface area (Å²) in [4.78, 5) is 0. The molecule has 1 fully saturated rings. The van der Waals surface area contributed by atoms with Crippen LogP contribution in [-0.2, 0) is 0 Å². The Morgan fingerprint density at radius 2 is 1.94 bits per heavy atom. The SMILES string of the molecule is COc1cccc(C(C)NC(C)C2CCCC2)c1. The van der Waals surface area contributed by atoms with Gasteiger partial charge in [-0.15, -0.1) is 0 Å². The van der Waals surface area contributed by atoms with Crippen LogP contribution < -0.4 is 10.1 Å². The Labute approximate surface area is 111 Å². The molecule has 1 aromatic rings. The standard InChI is InChI=1S/C16H25NO/c1-12(14-7-4-5-8-14)17-13(2)15-9-6-10-16(11-15)18-3/h6,9-14,17H,4-5,7-8H2,1-3H3. The molecule has 2 nitrogen and oxygen atoms in total. The maximum absolute atomic E-state index is 5.28. The van der Waals surface area contributed by atoms with Crippen molar-refractivity contribution in [1.82, 2.24) is 5.32 Å². The second kappa shape index (κ2) is 6.24. The number of methoxy groups -OCH3 is 1. The Hall–Kier alpha value is -1.02. The van der Waals surface area contributed by atoms with Crippen molar-refractivity contribution in [3.05, 3.63) is 29.8 Å². The van der Waals surface area contributed by atoms with Crippen LogP contribution in [0.15, 0.2) is 24.3 Å². The van der Waals surface area contributed by atoms with Crippen molar-refractivity contribution >= 4 is 0 Å². The Balaban J connectivity index is 1.95. The van der Waals surface area contributed by atoms with Gasteiger partial charge in [-0.2, -0.15) is 0 Å². The average molecular weight is 247 g/mol. The Bertz CT molecular complexity index is 371. The first-order valence-corrected chi connectivity index (χ1v) is 7.10. The molecule has 0 saturated heterocycles. The molecule has 0 aliphatic heterocycles. The number of hydrogen-bond donors (Lipinski definition) is 1. The topological polar surface area (TPSA) is 21.3 Å². The molecule has 2 heteroatoms. The maximum Gasteiger partial charge on any atom is 0.119 e. The lowest BCUT2D eigenvalue weighted by molar-refractivity contribution is 0.351. The molecule has 2 rings (SSSR count). The lowest BCUT2D eigenvalue weighted by Gasteiger charge is -2.25. The van der Waals surface area contributed by atoms with Gasteiger partial charge in [0, 0.05) is 12.1 Å². The summed E-state index contributed by atoms with van der Waals surface area (Å²) in [6.07, 6.45) is 5.59. The van der Waals surface area contributed by atoms with Gasteiger partial charge in [0.1, 0.15) is 5.75 Å². The molecule has 100 valence electrons. The zero-order valence-corrected chi connectivity index (χ0v) is 11.8. The minimum Gasteiger partial charge on any atom is -0.497 e. The number of benzene rings is 1. The third-order valence-electron chi connectivity index (χ3n) is 4.21. The largest absolute Gasteiger partial charge is 0.497 e. The molecule has 1 aliphatic rings. The van der Waals surface area contributed by atoms with E-state index in [0.29, 0.717) is 12.1 Å².